The molecule has 0 spiro atoms. The molecule has 1 aromatic carbocycles. The fraction of sp³-hybridized carbons (Fsp3) is 0.391. The van der Waals surface area contributed by atoms with E-state index in [9.17, 15) is 9.90 Å². The average Bonchev–Trinajstić information content (AvgIpc) is 3.34. The Hall–Kier alpha value is -3.26. The fourth-order valence-electron chi connectivity index (χ4n) is 3.74. The van der Waals surface area contributed by atoms with Gasteiger partial charge in [0.05, 0.1) is 35.8 Å². The minimum Gasteiger partial charge on any atom is -0.472 e. The molecule has 0 bridgehead atoms. The summed E-state index contributed by atoms with van der Waals surface area (Å²) in [6, 6.07) is 10.9. The van der Waals surface area contributed by atoms with Crippen molar-refractivity contribution in [1.82, 2.24) is 24.9 Å². The molecule has 4 rings (SSSR count). The molecule has 0 radical (unpaired) electrons. The molecular weight excluding hydrogens is 394 g/mol. The molecule has 0 saturated carbocycles. The monoisotopic (exact) mass is 421 g/mol. The van der Waals surface area contributed by atoms with Crippen molar-refractivity contribution in [3.8, 4) is 11.6 Å². The summed E-state index contributed by atoms with van der Waals surface area (Å²) >= 11 is 0. The van der Waals surface area contributed by atoms with Gasteiger partial charge < -0.3 is 14.7 Å². The van der Waals surface area contributed by atoms with E-state index < -0.39 is 5.60 Å². The van der Waals surface area contributed by atoms with Crippen LogP contribution >= 0.6 is 0 Å². The van der Waals surface area contributed by atoms with E-state index in [0.29, 0.717) is 36.6 Å². The van der Waals surface area contributed by atoms with Crippen LogP contribution in [0.1, 0.15) is 49.0 Å². The quantitative estimate of drug-likeness (QED) is 0.658. The normalized spacial score (nSPS) is 18.4. The van der Waals surface area contributed by atoms with Crippen LogP contribution in [0, 0.1) is 0 Å². The van der Waals surface area contributed by atoms with Crippen LogP contribution in [0.5, 0.6) is 5.88 Å². The van der Waals surface area contributed by atoms with Gasteiger partial charge in [0.2, 0.25) is 5.88 Å². The highest BCUT2D eigenvalue weighted by atomic mass is 16.5. The summed E-state index contributed by atoms with van der Waals surface area (Å²) in [6.07, 6.45) is 6.92. The minimum absolute atomic E-state index is 0.0724. The molecule has 1 N–H and O–H groups in total. The van der Waals surface area contributed by atoms with Crippen molar-refractivity contribution in [2.24, 2.45) is 0 Å². The number of carbonyl (C=O) groups excluding carboxylic acids is 1. The molecule has 8 heteroatoms. The molecule has 1 amide bonds. The van der Waals surface area contributed by atoms with E-state index in [1.54, 1.807) is 43.7 Å². The summed E-state index contributed by atoms with van der Waals surface area (Å²) in [7, 11) is 0. The van der Waals surface area contributed by atoms with Gasteiger partial charge >= 0.3 is 0 Å². The van der Waals surface area contributed by atoms with Crippen LogP contribution in [0.4, 0.5) is 0 Å². The highest BCUT2D eigenvalue weighted by molar-refractivity contribution is 5.97. The first-order valence-electron chi connectivity index (χ1n) is 10.6. The van der Waals surface area contributed by atoms with Crippen molar-refractivity contribution in [3.05, 3.63) is 66.1 Å². The first kappa shape index (κ1) is 21.0. The van der Waals surface area contributed by atoms with Crippen molar-refractivity contribution < 1.29 is 14.6 Å². The summed E-state index contributed by atoms with van der Waals surface area (Å²) in [6.45, 7) is 4.84. The van der Waals surface area contributed by atoms with Gasteiger partial charge in [0.25, 0.3) is 5.91 Å². The summed E-state index contributed by atoms with van der Waals surface area (Å²) in [4.78, 5) is 20.9. The van der Waals surface area contributed by atoms with Gasteiger partial charge in [-0.3, -0.25) is 4.79 Å². The van der Waals surface area contributed by atoms with Crippen molar-refractivity contribution in [2.75, 3.05) is 13.1 Å². The highest BCUT2D eigenvalue weighted by Crippen LogP contribution is 2.27. The predicted octanol–water partition coefficient (Wildman–Crippen LogP) is 2.96. The Morgan fingerprint density at radius 3 is 2.77 bits per heavy atom. The van der Waals surface area contributed by atoms with E-state index >= 15 is 0 Å². The Morgan fingerprint density at radius 1 is 1.23 bits per heavy atom. The lowest BCUT2D eigenvalue weighted by atomic mass is 9.94. The zero-order valence-electron chi connectivity index (χ0n) is 17.8. The van der Waals surface area contributed by atoms with Crippen LogP contribution in [0.3, 0.4) is 0 Å². The number of pyridine rings is 1. The van der Waals surface area contributed by atoms with E-state index in [4.69, 9.17) is 4.74 Å². The highest BCUT2D eigenvalue weighted by Gasteiger charge is 2.28. The van der Waals surface area contributed by atoms with E-state index in [1.165, 1.54) is 4.80 Å². The third kappa shape index (κ3) is 4.59. The fourth-order valence-corrected chi connectivity index (χ4v) is 3.74. The Kier molecular flexibility index (Phi) is 5.99. The molecule has 162 valence electrons. The molecule has 2 aromatic heterocycles. The minimum atomic E-state index is -0.931. The molecule has 1 aliphatic rings. The van der Waals surface area contributed by atoms with Crippen LogP contribution in [-0.4, -0.2) is 55.1 Å². The molecule has 8 nitrogen and oxygen atoms in total. The largest absolute Gasteiger partial charge is 0.472 e. The second-order valence-corrected chi connectivity index (χ2v) is 7.98. The van der Waals surface area contributed by atoms with E-state index in [0.717, 1.165) is 18.4 Å². The third-order valence-electron chi connectivity index (χ3n) is 5.77. The third-order valence-corrected chi connectivity index (χ3v) is 5.77. The lowest BCUT2D eigenvalue weighted by molar-refractivity contribution is 0.0492. The molecular formula is C23H27N5O3. The maximum absolute atomic E-state index is 13.3. The lowest BCUT2D eigenvalue weighted by Crippen LogP contribution is -2.44. The maximum Gasteiger partial charge on any atom is 0.256 e. The number of ether oxygens (including phenoxy) is 1. The Balaban J connectivity index is 1.49. The molecule has 1 fully saturated rings. The number of carbonyl (C=O) groups is 1. The first-order chi connectivity index (χ1) is 15.0. The second-order valence-electron chi connectivity index (χ2n) is 7.98. The topological polar surface area (TPSA) is 93.4 Å². The van der Waals surface area contributed by atoms with Gasteiger partial charge in [-0.05, 0) is 49.9 Å². The van der Waals surface area contributed by atoms with Gasteiger partial charge in [-0.2, -0.15) is 15.0 Å². The molecule has 1 saturated heterocycles. The molecule has 1 unspecified atom stereocenters. The van der Waals surface area contributed by atoms with Crippen LogP contribution in [0.2, 0.25) is 0 Å². The summed E-state index contributed by atoms with van der Waals surface area (Å²) in [5.74, 6) is 0.392. The van der Waals surface area contributed by atoms with E-state index in [1.807, 2.05) is 30.0 Å². The average molecular weight is 422 g/mol. The SMILES string of the molecule is CCC(C)(O)c1ccnc(O[C@@H]2CCCN(C(=O)c3ccccc3-n3nccn3)C2)c1. The van der Waals surface area contributed by atoms with Gasteiger partial charge in [-0.25, -0.2) is 4.98 Å². The number of aromatic nitrogens is 4. The molecule has 31 heavy (non-hydrogen) atoms. The zero-order chi connectivity index (χ0) is 21.8. The van der Waals surface area contributed by atoms with Crippen molar-refractivity contribution >= 4 is 5.91 Å². The summed E-state index contributed by atoms with van der Waals surface area (Å²) in [5, 5.41) is 18.8. The smallest absolute Gasteiger partial charge is 0.256 e. The Labute approximate surface area is 181 Å². The van der Waals surface area contributed by atoms with Crippen molar-refractivity contribution in [2.45, 2.75) is 44.8 Å². The van der Waals surface area contributed by atoms with Crippen LogP contribution < -0.4 is 4.74 Å². The van der Waals surface area contributed by atoms with Crippen molar-refractivity contribution in [3.63, 3.8) is 0 Å². The Morgan fingerprint density at radius 2 is 2.00 bits per heavy atom. The molecule has 3 aromatic rings. The number of hydrogen-bond donors (Lipinski definition) is 1. The number of benzene rings is 1. The molecule has 2 atom stereocenters. The van der Waals surface area contributed by atoms with Gasteiger partial charge in [0, 0.05) is 18.8 Å². The van der Waals surface area contributed by atoms with E-state index in [-0.39, 0.29) is 12.0 Å². The van der Waals surface area contributed by atoms with Crippen molar-refractivity contribution in [1.29, 1.82) is 0 Å². The number of likely N-dealkylation sites (tertiary alicyclic amines) is 1. The van der Waals surface area contributed by atoms with E-state index in [2.05, 4.69) is 15.2 Å². The second kappa shape index (κ2) is 8.85. The molecule has 0 aliphatic carbocycles. The van der Waals surface area contributed by atoms with Gasteiger partial charge in [0.1, 0.15) is 6.10 Å². The summed E-state index contributed by atoms with van der Waals surface area (Å²) < 4.78 is 6.11. The number of rotatable bonds is 6. The number of amides is 1. The standard InChI is InChI=1S/C23H27N5O3/c1-3-23(2,30)17-10-11-24-21(15-17)31-18-7-6-14-27(16-18)22(29)19-8-4-5-9-20(19)28-25-12-13-26-28/h4-5,8-13,15,18,30H,3,6-7,14,16H2,1-2H3/t18-,23?/m1/s1. The first-order valence-corrected chi connectivity index (χ1v) is 10.6. The number of hydrogen-bond acceptors (Lipinski definition) is 6. The predicted molar refractivity (Wildman–Crippen MR) is 115 cm³/mol. The zero-order valence-corrected chi connectivity index (χ0v) is 17.8. The van der Waals surface area contributed by atoms with Gasteiger partial charge in [-0.1, -0.05) is 19.1 Å². The number of aliphatic hydroxyl groups is 1. The van der Waals surface area contributed by atoms with Crippen LogP contribution in [0.25, 0.3) is 5.69 Å². The lowest BCUT2D eigenvalue weighted by Gasteiger charge is -2.33. The summed E-state index contributed by atoms with van der Waals surface area (Å²) in [5.41, 5.74) is 1.04. The Bertz CT molecular complexity index is 1040. The van der Waals surface area contributed by atoms with Crippen LogP contribution in [-0.2, 0) is 5.60 Å². The number of para-hydroxylation sites is 1. The maximum atomic E-state index is 13.3. The number of piperidine rings is 1. The van der Waals surface area contributed by atoms with Crippen LogP contribution in [0.15, 0.2) is 55.0 Å². The van der Waals surface area contributed by atoms with Gasteiger partial charge in [-0.15, -0.1) is 0 Å². The molecule has 1 aliphatic heterocycles. The number of nitrogens with zero attached hydrogens (tertiary/aromatic N) is 5. The van der Waals surface area contributed by atoms with Gasteiger partial charge in [0.15, 0.2) is 0 Å². The molecule has 3 heterocycles.